The van der Waals surface area contributed by atoms with Crippen LogP contribution in [0.3, 0.4) is 0 Å². The van der Waals surface area contributed by atoms with Crippen LogP contribution < -0.4 is 14.9 Å². The van der Waals surface area contributed by atoms with E-state index in [-0.39, 0.29) is 12.4 Å². The maximum absolute atomic E-state index is 12.9. The number of amides is 1. The molecule has 1 N–H and O–H groups in total. The lowest BCUT2D eigenvalue weighted by molar-refractivity contribution is -0.123. The minimum Gasteiger partial charge on any atom is -0.494 e. The molecule has 120 valence electrons. The van der Waals surface area contributed by atoms with Crippen LogP contribution in [0.1, 0.15) is 12.5 Å². The molecule has 0 saturated carbocycles. The van der Waals surface area contributed by atoms with Gasteiger partial charge in [-0.25, -0.2) is 9.82 Å². The topological polar surface area (TPSA) is 59.9 Å². The van der Waals surface area contributed by atoms with E-state index < -0.39 is 11.7 Å². The maximum atomic E-state index is 12.9. The van der Waals surface area contributed by atoms with Crippen molar-refractivity contribution in [2.24, 2.45) is 5.10 Å². The molecular formula is C17H17FN2O3. The number of carbonyl (C=O) groups is 1. The highest BCUT2D eigenvalue weighted by atomic mass is 19.1. The summed E-state index contributed by atoms with van der Waals surface area (Å²) in [5.41, 5.74) is 3.16. The minimum atomic E-state index is -0.434. The van der Waals surface area contributed by atoms with Gasteiger partial charge < -0.3 is 9.47 Å². The van der Waals surface area contributed by atoms with Crippen LogP contribution in [0.2, 0.25) is 0 Å². The molecule has 0 heterocycles. The van der Waals surface area contributed by atoms with Crippen molar-refractivity contribution in [2.75, 3.05) is 13.2 Å². The molecule has 6 heteroatoms. The van der Waals surface area contributed by atoms with E-state index in [0.717, 1.165) is 11.3 Å². The lowest BCUT2D eigenvalue weighted by atomic mass is 10.2. The molecule has 2 aromatic rings. The number of benzene rings is 2. The second kappa shape index (κ2) is 8.53. The van der Waals surface area contributed by atoms with Gasteiger partial charge in [-0.3, -0.25) is 4.79 Å². The van der Waals surface area contributed by atoms with Crippen molar-refractivity contribution in [1.82, 2.24) is 5.43 Å². The molecular weight excluding hydrogens is 299 g/mol. The standard InChI is InChI=1S/C17H17FN2O3/c1-2-22-15-8-6-13(7-9-15)11-19-20-17(21)12-23-16-5-3-4-14(18)10-16/h3-11H,2,12H2,1H3,(H,20,21)/b19-11-. The monoisotopic (exact) mass is 316 g/mol. The van der Waals surface area contributed by atoms with Crippen LogP contribution in [0.4, 0.5) is 4.39 Å². The number of nitrogens with zero attached hydrogens (tertiary/aromatic N) is 1. The largest absolute Gasteiger partial charge is 0.494 e. The van der Waals surface area contributed by atoms with Crippen LogP contribution in [-0.2, 0) is 4.79 Å². The Balaban J connectivity index is 1.77. The summed E-state index contributed by atoms with van der Waals surface area (Å²) in [6.45, 7) is 2.27. The Morgan fingerprint density at radius 3 is 2.65 bits per heavy atom. The molecule has 0 saturated heterocycles. The summed E-state index contributed by atoms with van der Waals surface area (Å²) in [4.78, 5) is 11.6. The van der Waals surface area contributed by atoms with Gasteiger partial charge in [-0.1, -0.05) is 6.07 Å². The first-order valence-electron chi connectivity index (χ1n) is 7.10. The molecule has 2 aromatic carbocycles. The maximum Gasteiger partial charge on any atom is 0.277 e. The van der Waals surface area contributed by atoms with Crippen LogP contribution in [0.25, 0.3) is 0 Å². The van der Waals surface area contributed by atoms with Crippen molar-refractivity contribution in [2.45, 2.75) is 6.92 Å². The Labute approximate surface area is 133 Å². The molecule has 23 heavy (non-hydrogen) atoms. The van der Waals surface area contributed by atoms with Gasteiger partial charge in [-0.15, -0.1) is 0 Å². The van der Waals surface area contributed by atoms with Gasteiger partial charge in [-0.2, -0.15) is 5.10 Å². The normalized spacial score (nSPS) is 10.5. The highest BCUT2D eigenvalue weighted by Gasteiger charge is 2.02. The molecule has 1 amide bonds. The quantitative estimate of drug-likeness (QED) is 0.631. The van der Waals surface area contributed by atoms with Gasteiger partial charge in [0.2, 0.25) is 0 Å². The Hall–Kier alpha value is -2.89. The number of nitrogens with one attached hydrogen (secondary N) is 1. The third kappa shape index (κ3) is 5.78. The summed E-state index contributed by atoms with van der Waals surface area (Å²) >= 11 is 0. The third-order valence-electron chi connectivity index (χ3n) is 2.76. The fraction of sp³-hybridized carbons (Fsp3) is 0.176. The molecule has 0 unspecified atom stereocenters. The summed E-state index contributed by atoms with van der Waals surface area (Å²) in [5, 5.41) is 3.83. The molecule has 2 rings (SSSR count). The van der Waals surface area contributed by atoms with E-state index in [1.54, 1.807) is 6.07 Å². The number of hydrazone groups is 1. The van der Waals surface area contributed by atoms with Crippen molar-refractivity contribution in [3.63, 3.8) is 0 Å². The molecule has 0 aromatic heterocycles. The summed E-state index contributed by atoms with van der Waals surface area (Å²) in [6, 6.07) is 12.9. The van der Waals surface area contributed by atoms with Crippen LogP contribution in [-0.4, -0.2) is 25.3 Å². The molecule has 0 radical (unpaired) electrons. The lowest BCUT2D eigenvalue weighted by Gasteiger charge is -2.04. The van der Waals surface area contributed by atoms with E-state index in [4.69, 9.17) is 9.47 Å². The second-order valence-electron chi connectivity index (χ2n) is 4.54. The number of hydrogen-bond donors (Lipinski definition) is 1. The van der Waals surface area contributed by atoms with Crippen molar-refractivity contribution in [3.8, 4) is 11.5 Å². The molecule has 0 aliphatic heterocycles. The Morgan fingerprint density at radius 2 is 1.96 bits per heavy atom. The Bertz CT molecular complexity index is 672. The predicted molar refractivity (Wildman–Crippen MR) is 85.2 cm³/mol. The third-order valence-corrected chi connectivity index (χ3v) is 2.76. The zero-order valence-corrected chi connectivity index (χ0v) is 12.7. The predicted octanol–water partition coefficient (Wildman–Crippen LogP) is 2.75. The van der Waals surface area contributed by atoms with Crippen molar-refractivity contribution in [3.05, 3.63) is 59.9 Å². The summed E-state index contributed by atoms with van der Waals surface area (Å²) in [5.74, 6) is 0.209. The number of hydrogen-bond acceptors (Lipinski definition) is 4. The van der Waals surface area contributed by atoms with Crippen LogP contribution >= 0.6 is 0 Å². The van der Waals surface area contributed by atoms with Gasteiger partial charge in [0.1, 0.15) is 17.3 Å². The zero-order valence-electron chi connectivity index (χ0n) is 12.7. The first-order chi connectivity index (χ1) is 11.2. The number of rotatable bonds is 7. The smallest absolute Gasteiger partial charge is 0.277 e. The highest BCUT2D eigenvalue weighted by Crippen LogP contribution is 2.12. The Kier molecular flexibility index (Phi) is 6.11. The molecule has 0 bridgehead atoms. The average molecular weight is 316 g/mol. The second-order valence-corrected chi connectivity index (χ2v) is 4.54. The molecule has 5 nitrogen and oxygen atoms in total. The van der Waals surface area contributed by atoms with Crippen molar-refractivity contribution < 1.29 is 18.7 Å². The van der Waals surface area contributed by atoms with E-state index in [0.29, 0.717) is 6.61 Å². The number of halogens is 1. The van der Waals surface area contributed by atoms with Gasteiger partial charge in [-0.05, 0) is 48.9 Å². The lowest BCUT2D eigenvalue weighted by Crippen LogP contribution is -2.24. The fourth-order valence-corrected chi connectivity index (χ4v) is 1.73. The van der Waals surface area contributed by atoms with E-state index >= 15 is 0 Å². The van der Waals surface area contributed by atoms with E-state index in [2.05, 4.69) is 10.5 Å². The van der Waals surface area contributed by atoms with E-state index in [9.17, 15) is 9.18 Å². The van der Waals surface area contributed by atoms with Gasteiger partial charge in [0.05, 0.1) is 12.8 Å². The summed E-state index contributed by atoms with van der Waals surface area (Å²) < 4.78 is 23.4. The first kappa shape index (κ1) is 16.5. The van der Waals surface area contributed by atoms with Gasteiger partial charge >= 0.3 is 0 Å². The molecule has 0 aliphatic rings. The van der Waals surface area contributed by atoms with Crippen molar-refractivity contribution in [1.29, 1.82) is 0 Å². The van der Waals surface area contributed by atoms with E-state index in [1.165, 1.54) is 24.4 Å². The Morgan fingerprint density at radius 1 is 1.17 bits per heavy atom. The average Bonchev–Trinajstić information content (AvgIpc) is 2.55. The summed E-state index contributed by atoms with van der Waals surface area (Å²) in [7, 11) is 0. The summed E-state index contributed by atoms with van der Waals surface area (Å²) in [6.07, 6.45) is 1.51. The fourth-order valence-electron chi connectivity index (χ4n) is 1.73. The highest BCUT2D eigenvalue weighted by molar-refractivity contribution is 5.83. The van der Waals surface area contributed by atoms with Crippen LogP contribution in [0, 0.1) is 5.82 Å². The van der Waals surface area contributed by atoms with Crippen LogP contribution in [0.5, 0.6) is 11.5 Å². The zero-order chi connectivity index (χ0) is 16.5. The minimum absolute atomic E-state index is 0.246. The number of ether oxygens (including phenoxy) is 2. The molecule has 0 fully saturated rings. The number of carbonyl (C=O) groups excluding carboxylic acids is 1. The molecule has 0 aliphatic carbocycles. The molecule has 0 spiro atoms. The van der Waals surface area contributed by atoms with Gasteiger partial charge in [0.15, 0.2) is 6.61 Å². The van der Waals surface area contributed by atoms with Gasteiger partial charge in [0, 0.05) is 6.07 Å². The van der Waals surface area contributed by atoms with Crippen LogP contribution in [0.15, 0.2) is 53.6 Å². The first-order valence-corrected chi connectivity index (χ1v) is 7.10. The molecule has 0 atom stereocenters. The van der Waals surface area contributed by atoms with Gasteiger partial charge in [0.25, 0.3) is 5.91 Å². The SMILES string of the molecule is CCOc1ccc(/C=N\NC(=O)COc2cccc(F)c2)cc1. The van der Waals surface area contributed by atoms with Crippen molar-refractivity contribution >= 4 is 12.1 Å². The van der Waals surface area contributed by atoms with E-state index in [1.807, 2.05) is 31.2 Å².